The Bertz CT molecular complexity index is 1220. The molecule has 0 bridgehead atoms. The Morgan fingerprint density at radius 1 is 0.786 bits per heavy atom. The smallest absolute Gasteiger partial charge is 0.335 e. The molecule has 0 saturated heterocycles. The molecular formula is C24H22N2O2. The van der Waals surface area contributed by atoms with Gasteiger partial charge in [0.15, 0.2) is 0 Å². The molecule has 0 saturated carbocycles. The quantitative estimate of drug-likeness (QED) is 0.477. The highest BCUT2D eigenvalue weighted by molar-refractivity contribution is 5.90. The number of aryl methyl sites for hydroxylation is 2. The van der Waals surface area contributed by atoms with Crippen LogP contribution >= 0.6 is 0 Å². The van der Waals surface area contributed by atoms with Crippen molar-refractivity contribution in [2.75, 3.05) is 0 Å². The number of pyridine rings is 1. The number of nitrogens with one attached hydrogen (secondary N) is 1. The first kappa shape index (κ1) is 18.0. The molecule has 0 aliphatic rings. The molecule has 0 aliphatic carbocycles. The number of carbonyl (C=O) groups is 1. The van der Waals surface area contributed by atoms with Crippen molar-refractivity contribution in [1.82, 2.24) is 9.97 Å². The van der Waals surface area contributed by atoms with Crippen LogP contribution in [-0.2, 0) is 0 Å². The number of aromatic amines is 1. The van der Waals surface area contributed by atoms with E-state index in [1.54, 1.807) is 12.1 Å². The zero-order chi connectivity index (χ0) is 20.0. The summed E-state index contributed by atoms with van der Waals surface area (Å²) in [6, 6.07) is 15.1. The maximum atomic E-state index is 11.0. The lowest BCUT2D eigenvalue weighted by molar-refractivity contribution is 0.0697. The van der Waals surface area contributed by atoms with Gasteiger partial charge in [-0.2, -0.15) is 0 Å². The van der Waals surface area contributed by atoms with Gasteiger partial charge in [0.1, 0.15) is 0 Å². The van der Waals surface area contributed by atoms with Crippen LogP contribution in [0.1, 0.15) is 32.6 Å². The third kappa shape index (κ3) is 2.87. The predicted octanol–water partition coefficient (Wildman–Crippen LogP) is 5.83. The summed E-state index contributed by atoms with van der Waals surface area (Å²) in [7, 11) is 0. The first-order valence-corrected chi connectivity index (χ1v) is 9.27. The van der Waals surface area contributed by atoms with Crippen LogP contribution in [0, 0.1) is 27.7 Å². The molecule has 0 amide bonds. The van der Waals surface area contributed by atoms with Gasteiger partial charge in [0.2, 0.25) is 0 Å². The van der Waals surface area contributed by atoms with Crippen LogP contribution < -0.4 is 0 Å². The van der Waals surface area contributed by atoms with E-state index in [4.69, 9.17) is 10.1 Å². The summed E-state index contributed by atoms with van der Waals surface area (Å²) < 4.78 is 0. The third-order valence-corrected chi connectivity index (χ3v) is 5.75. The second-order valence-electron chi connectivity index (χ2n) is 7.26. The van der Waals surface area contributed by atoms with E-state index in [2.05, 4.69) is 38.7 Å². The molecule has 0 unspecified atom stereocenters. The van der Waals surface area contributed by atoms with Gasteiger partial charge in [0.25, 0.3) is 0 Å². The lowest BCUT2D eigenvalue weighted by Crippen LogP contribution is -1.97. The third-order valence-electron chi connectivity index (χ3n) is 5.75. The second-order valence-corrected chi connectivity index (χ2v) is 7.26. The first-order valence-electron chi connectivity index (χ1n) is 9.27. The number of fused-ring (bicyclic) bond motifs is 1. The minimum atomic E-state index is -0.921. The summed E-state index contributed by atoms with van der Waals surface area (Å²) in [6.07, 6.45) is 0. The van der Waals surface area contributed by atoms with Crippen molar-refractivity contribution in [3.63, 3.8) is 0 Å². The Morgan fingerprint density at radius 2 is 1.43 bits per heavy atom. The van der Waals surface area contributed by atoms with Crippen molar-refractivity contribution in [3.8, 4) is 22.6 Å². The molecule has 0 aliphatic heterocycles. The number of H-pyrrole nitrogens is 1. The molecule has 0 spiro atoms. The largest absolute Gasteiger partial charge is 0.478 e. The van der Waals surface area contributed by atoms with Gasteiger partial charge in [-0.05, 0) is 85.8 Å². The maximum Gasteiger partial charge on any atom is 0.335 e. The molecule has 4 rings (SSSR count). The normalized spacial score (nSPS) is 11.1. The molecular weight excluding hydrogens is 348 g/mol. The molecule has 0 fully saturated rings. The SMILES string of the molecule is Cc1c(C)c(C)c2nc(-c3ccc(-c4ccc(C(=O)O)cc4)[nH]3)ccc2c1C. The molecule has 2 heterocycles. The van der Waals surface area contributed by atoms with Crippen LogP contribution in [0.25, 0.3) is 33.5 Å². The number of hydrogen-bond donors (Lipinski definition) is 2. The van der Waals surface area contributed by atoms with E-state index in [-0.39, 0.29) is 5.56 Å². The van der Waals surface area contributed by atoms with Crippen molar-refractivity contribution >= 4 is 16.9 Å². The fourth-order valence-corrected chi connectivity index (χ4v) is 3.64. The molecule has 4 nitrogen and oxygen atoms in total. The first-order chi connectivity index (χ1) is 13.4. The highest BCUT2D eigenvalue weighted by Crippen LogP contribution is 2.31. The van der Waals surface area contributed by atoms with E-state index in [9.17, 15) is 4.79 Å². The lowest BCUT2D eigenvalue weighted by Gasteiger charge is -2.14. The van der Waals surface area contributed by atoms with Crippen LogP contribution in [0.3, 0.4) is 0 Å². The molecule has 0 atom stereocenters. The van der Waals surface area contributed by atoms with Gasteiger partial charge in [0.05, 0.1) is 22.5 Å². The number of rotatable bonds is 3. The van der Waals surface area contributed by atoms with E-state index in [1.807, 2.05) is 30.3 Å². The molecule has 2 aromatic heterocycles. The van der Waals surface area contributed by atoms with Gasteiger partial charge in [-0.15, -0.1) is 0 Å². The molecule has 0 radical (unpaired) electrons. The van der Waals surface area contributed by atoms with Crippen LogP contribution in [0.5, 0.6) is 0 Å². The van der Waals surface area contributed by atoms with Crippen LogP contribution in [0.2, 0.25) is 0 Å². The summed E-state index contributed by atoms with van der Waals surface area (Å²) in [6.45, 7) is 8.60. The summed E-state index contributed by atoms with van der Waals surface area (Å²) in [5.41, 5.74) is 10.1. The van der Waals surface area contributed by atoms with E-state index >= 15 is 0 Å². The van der Waals surface area contributed by atoms with Gasteiger partial charge < -0.3 is 10.1 Å². The van der Waals surface area contributed by atoms with Crippen LogP contribution in [0.15, 0.2) is 48.5 Å². The standard InChI is InChI=1S/C24H22N2O2/c1-13-14(2)16(4)23-19(15(13)3)9-10-22(26-23)21-12-11-20(25-21)17-5-7-18(8-6-17)24(27)28/h5-12,25H,1-4H3,(H,27,28). The van der Waals surface area contributed by atoms with E-state index in [0.29, 0.717) is 0 Å². The Kier molecular flexibility index (Phi) is 4.27. The number of aromatic carboxylic acids is 1. The highest BCUT2D eigenvalue weighted by Gasteiger charge is 2.12. The van der Waals surface area contributed by atoms with Gasteiger partial charge >= 0.3 is 5.97 Å². The molecule has 4 aromatic rings. The Hall–Kier alpha value is -3.40. The van der Waals surface area contributed by atoms with Crippen molar-refractivity contribution < 1.29 is 9.90 Å². The number of carboxylic acid groups (broad SMARTS) is 1. The van der Waals surface area contributed by atoms with Gasteiger partial charge in [-0.3, -0.25) is 0 Å². The maximum absolute atomic E-state index is 11.0. The van der Waals surface area contributed by atoms with Crippen molar-refractivity contribution in [1.29, 1.82) is 0 Å². The van der Waals surface area contributed by atoms with Crippen LogP contribution in [0.4, 0.5) is 0 Å². The molecule has 2 N–H and O–H groups in total. The van der Waals surface area contributed by atoms with Gasteiger partial charge in [-0.25, -0.2) is 9.78 Å². The van der Waals surface area contributed by atoms with Crippen LogP contribution in [-0.4, -0.2) is 21.0 Å². The van der Waals surface area contributed by atoms with E-state index in [0.717, 1.165) is 28.2 Å². The van der Waals surface area contributed by atoms with Crippen molar-refractivity contribution in [3.05, 3.63) is 76.3 Å². The van der Waals surface area contributed by atoms with Gasteiger partial charge in [-0.1, -0.05) is 18.2 Å². The molecule has 140 valence electrons. The zero-order valence-electron chi connectivity index (χ0n) is 16.4. The summed E-state index contributed by atoms with van der Waals surface area (Å²) in [5, 5.41) is 10.2. The fourth-order valence-electron chi connectivity index (χ4n) is 3.64. The summed E-state index contributed by atoms with van der Waals surface area (Å²) >= 11 is 0. The summed E-state index contributed by atoms with van der Waals surface area (Å²) in [5.74, 6) is -0.921. The highest BCUT2D eigenvalue weighted by atomic mass is 16.4. The number of nitrogens with zero attached hydrogens (tertiary/aromatic N) is 1. The molecule has 4 heteroatoms. The monoisotopic (exact) mass is 370 g/mol. The zero-order valence-corrected chi connectivity index (χ0v) is 16.4. The van der Waals surface area contributed by atoms with E-state index in [1.165, 1.54) is 27.6 Å². The molecule has 2 aromatic carbocycles. The number of aromatic nitrogens is 2. The number of carboxylic acids is 1. The minimum absolute atomic E-state index is 0.281. The lowest BCUT2D eigenvalue weighted by atomic mass is 9.94. The Morgan fingerprint density at radius 3 is 2.11 bits per heavy atom. The Balaban J connectivity index is 1.76. The summed E-state index contributed by atoms with van der Waals surface area (Å²) in [4.78, 5) is 19.4. The Labute approximate surface area is 163 Å². The van der Waals surface area contributed by atoms with Crippen molar-refractivity contribution in [2.24, 2.45) is 0 Å². The van der Waals surface area contributed by atoms with Gasteiger partial charge in [0, 0.05) is 11.1 Å². The average molecular weight is 370 g/mol. The van der Waals surface area contributed by atoms with E-state index < -0.39 is 5.97 Å². The van der Waals surface area contributed by atoms with Crippen molar-refractivity contribution in [2.45, 2.75) is 27.7 Å². The number of hydrogen-bond acceptors (Lipinski definition) is 2. The average Bonchev–Trinajstić information content (AvgIpc) is 3.20. The fraction of sp³-hybridized carbons (Fsp3) is 0.167. The minimum Gasteiger partial charge on any atom is -0.478 e. The topological polar surface area (TPSA) is 66.0 Å². The number of benzene rings is 2. The second kappa shape index (κ2) is 6.64. The predicted molar refractivity (Wildman–Crippen MR) is 113 cm³/mol. The molecule has 28 heavy (non-hydrogen) atoms.